The minimum Gasteiger partial charge on any atom is -0.494 e. The summed E-state index contributed by atoms with van der Waals surface area (Å²) < 4.78 is 11.0. The van der Waals surface area contributed by atoms with Gasteiger partial charge in [0.1, 0.15) is 11.5 Å². The molecule has 0 atom stereocenters. The second kappa shape index (κ2) is 11.0. The highest BCUT2D eigenvalue weighted by molar-refractivity contribution is 5.77. The highest BCUT2D eigenvalue weighted by atomic mass is 16.5. The van der Waals surface area contributed by atoms with Crippen molar-refractivity contribution in [1.82, 2.24) is 5.32 Å². The van der Waals surface area contributed by atoms with Crippen LogP contribution in [0.25, 0.3) is 0 Å². The summed E-state index contributed by atoms with van der Waals surface area (Å²) in [6.45, 7) is 4.29. The summed E-state index contributed by atoms with van der Waals surface area (Å²) in [7, 11) is 2.05. The molecule has 0 aliphatic carbocycles. The van der Waals surface area contributed by atoms with Crippen LogP contribution in [0.15, 0.2) is 54.6 Å². The summed E-state index contributed by atoms with van der Waals surface area (Å²) in [5.41, 5.74) is 1.17. The van der Waals surface area contributed by atoms with Gasteiger partial charge < -0.3 is 19.7 Å². The molecule has 0 aliphatic heterocycles. The predicted octanol–water partition coefficient (Wildman–Crippen LogP) is 3.50. The van der Waals surface area contributed by atoms with Crippen molar-refractivity contribution in [2.45, 2.75) is 19.8 Å². The molecule has 5 heteroatoms. The zero-order valence-corrected chi connectivity index (χ0v) is 15.6. The summed E-state index contributed by atoms with van der Waals surface area (Å²) in [6, 6.07) is 17.5. The molecule has 0 radical (unpaired) electrons. The van der Waals surface area contributed by atoms with Crippen LogP contribution in [0.2, 0.25) is 0 Å². The first-order chi connectivity index (χ1) is 12.7. The van der Waals surface area contributed by atoms with Crippen molar-refractivity contribution < 1.29 is 14.3 Å². The van der Waals surface area contributed by atoms with Crippen molar-refractivity contribution in [2.75, 3.05) is 38.3 Å². The van der Waals surface area contributed by atoms with Crippen LogP contribution in [0.3, 0.4) is 0 Å². The number of hydrogen-bond acceptors (Lipinski definition) is 4. The van der Waals surface area contributed by atoms with Crippen LogP contribution in [-0.4, -0.2) is 39.3 Å². The molecule has 0 aliphatic rings. The third-order valence-corrected chi connectivity index (χ3v) is 3.86. The molecule has 0 saturated carbocycles. The quantitative estimate of drug-likeness (QED) is 0.626. The maximum absolute atomic E-state index is 11.9. The van der Waals surface area contributed by atoms with Crippen molar-refractivity contribution in [3.05, 3.63) is 54.6 Å². The van der Waals surface area contributed by atoms with E-state index in [4.69, 9.17) is 9.47 Å². The van der Waals surface area contributed by atoms with Gasteiger partial charge >= 0.3 is 0 Å². The number of nitrogens with one attached hydrogen (secondary N) is 1. The molecule has 2 aromatic rings. The van der Waals surface area contributed by atoms with Crippen LogP contribution >= 0.6 is 0 Å². The Morgan fingerprint density at radius 3 is 2.31 bits per heavy atom. The van der Waals surface area contributed by atoms with E-state index >= 15 is 0 Å². The van der Waals surface area contributed by atoms with Crippen LogP contribution in [0.1, 0.15) is 19.8 Å². The van der Waals surface area contributed by atoms with Crippen molar-refractivity contribution in [2.24, 2.45) is 0 Å². The maximum atomic E-state index is 11.9. The smallest absolute Gasteiger partial charge is 0.257 e. The first kappa shape index (κ1) is 19.6. The Bertz CT molecular complexity index is 644. The Balaban J connectivity index is 1.60. The molecule has 5 nitrogen and oxygen atoms in total. The van der Waals surface area contributed by atoms with E-state index in [1.54, 1.807) is 0 Å². The normalized spacial score (nSPS) is 10.2. The number of nitrogens with zero attached hydrogens (tertiary/aromatic N) is 1. The van der Waals surface area contributed by atoms with Gasteiger partial charge in [-0.3, -0.25) is 4.79 Å². The fraction of sp³-hybridized carbons (Fsp3) is 0.381. The summed E-state index contributed by atoms with van der Waals surface area (Å²) in [6.07, 6.45) is 1.85. The zero-order valence-electron chi connectivity index (χ0n) is 15.6. The molecule has 2 rings (SSSR count). The summed E-state index contributed by atoms with van der Waals surface area (Å²) in [5, 5.41) is 2.88. The number of amides is 1. The van der Waals surface area contributed by atoms with E-state index in [0.717, 1.165) is 25.1 Å². The van der Waals surface area contributed by atoms with Crippen molar-refractivity contribution in [3.8, 4) is 11.5 Å². The summed E-state index contributed by atoms with van der Waals surface area (Å²) in [4.78, 5) is 14.0. The van der Waals surface area contributed by atoms with E-state index in [9.17, 15) is 4.79 Å². The summed E-state index contributed by atoms with van der Waals surface area (Å²) in [5.74, 6) is 1.36. The fourth-order valence-corrected chi connectivity index (χ4v) is 2.41. The van der Waals surface area contributed by atoms with Gasteiger partial charge in [-0.1, -0.05) is 25.1 Å². The van der Waals surface area contributed by atoms with Crippen LogP contribution in [0, 0.1) is 0 Å². The number of anilines is 1. The Morgan fingerprint density at radius 1 is 1.00 bits per heavy atom. The highest BCUT2D eigenvalue weighted by Gasteiger charge is 2.04. The molecule has 0 spiro atoms. The van der Waals surface area contributed by atoms with Gasteiger partial charge in [-0.05, 0) is 49.2 Å². The molecular weight excluding hydrogens is 328 g/mol. The number of para-hydroxylation sites is 1. The van der Waals surface area contributed by atoms with Gasteiger partial charge in [0.05, 0.1) is 6.61 Å². The molecule has 1 amide bonds. The standard InChI is InChI=1S/C21H28N2O3/c1-3-16-25-19-10-12-20(13-11-19)26-17-21(24)22-14-7-15-23(2)18-8-5-4-6-9-18/h4-6,8-13H,3,7,14-17H2,1-2H3,(H,22,24). The fourth-order valence-electron chi connectivity index (χ4n) is 2.41. The number of carbonyl (C=O) groups is 1. The monoisotopic (exact) mass is 356 g/mol. The van der Waals surface area contributed by atoms with Gasteiger partial charge in [-0.15, -0.1) is 0 Å². The molecule has 0 heterocycles. The van der Waals surface area contributed by atoms with Gasteiger partial charge in [-0.2, -0.15) is 0 Å². The molecule has 0 saturated heterocycles. The molecule has 0 fully saturated rings. The lowest BCUT2D eigenvalue weighted by Gasteiger charge is -2.19. The Labute approximate surface area is 155 Å². The van der Waals surface area contributed by atoms with Gasteiger partial charge in [0.15, 0.2) is 6.61 Å². The molecule has 140 valence electrons. The van der Waals surface area contributed by atoms with E-state index in [1.165, 1.54) is 5.69 Å². The Hall–Kier alpha value is -2.69. The second-order valence-electron chi connectivity index (χ2n) is 6.07. The zero-order chi connectivity index (χ0) is 18.6. The van der Waals surface area contributed by atoms with E-state index in [-0.39, 0.29) is 12.5 Å². The number of ether oxygens (including phenoxy) is 2. The van der Waals surface area contributed by atoms with E-state index in [0.29, 0.717) is 18.9 Å². The lowest BCUT2D eigenvalue weighted by Crippen LogP contribution is -2.31. The summed E-state index contributed by atoms with van der Waals surface area (Å²) >= 11 is 0. The second-order valence-corrected chi connectivity index (χ2v) is 6.07. The topological polar surface area (TPSA) is 50.8 Å². The Kier molecular flexibility index (Phi) is 8.33. The number of carbonyl (C=O) groups excluding carboxylic acids is 1. The molecular formula is C21H28N2O3. The first-order valence-electron chi connectivity index (χ1n) is 9.07. The molecule has 0 aromatic heterocycles. The maximum Gasteiger partial charge on any atom is 0.257 e. The van der Waals surface area contributed by atoms with Crippen LogP contribution in [-0.2, 0) is 4.79 Å². The molecule has 0 unspecified atom stereocenters. The SMILES string of the molecule is CCCOc1ccc(OCC(=O)NCCCN(C)c2ccccc2)cc1. The van der Waals surface area contributed by atoms with E-state index in [2.05, 4.69) is 29.3 Å². The van der Waals surface area contributed by atoms with E-state index < -0.39 is 0 Å². The minimum atomic E-state index is -0.112. The predicted molar refractivity (Wildman–Crippen MR) is 105 cm³/mol. The number of benzene rings is 2. The lowest BCUT2D eigenvalue weighted by atomic mass is 10.3. The first-order valence-corrected chi connectivity index (χ1v) is 9.07. The third kappa shape index (κ3) is 7.05. The average Bonchev–Trinajstić information content (AvgIpc) is 2.69. The van der Waals surface area contributed by atoms with Gasteiger partial charge in [0, 0.05) is 25.8 Å². The van der Waals surface area contributed by atoms with Crippen LogP contribution in [0.5, 0.6) is 11.5 Å². The van der Waals surface area contributed by atoms with Gasteiger partial charge in [0.2, 0.25) is 0 Å². The van der Waals surface area contributed by atoms with Gasteiger partial charge in [0.25, 0.3) is 5.91 Å². The molecule has 2 aromatic carbocycles. The molecule has 1 N–H and O–H groups in total. The number of rotatable bonds is 11. The highest BCUT2D eigenvalue weighted by Crippen LogP contribution is 2.17. The van der Waals surface area contributed by atoms with Crippen LogP contribution in [0.4, 0.5) is 5.69 Å². The molecule has 26 heavy (non-hydrogen) atoms. The van der Waals surface area contributed by atoms with Crippen molar-refractivity contribution >= 4 is 11.6 Å². The Morgan fingerprint density at radius 2 is 1.65 bits per heavy atom. The number of hydrogen-bond donors (Lipinski definition) is 1. The lowest BCUT2D eigenvalue weighted by molar-refractivity contribution is -0.123. The van der Waals surface area contributed by atoms with Gasteiger partial charge in [-0.25, -0.2) is 0 Å². The average molecular weight is 356 g/mol. The van der Waals surface area contributed by atoms with E-state index in [1.807, 2.05) is 49.5 Å². The largest absolute Gasteiger partial charge is 0.494 e. The minimum absolute atomic E-state index is 0.0175. The van der Waals surface area contributed by atoms with Crippen molar-refractivity contribution in [3.63, 3.8) is 0 Å². The third-order valence-electron chi connectivity index (χ3n) is 3.86. The van der Waals surface area contributed by atoms with Crippen LogP contribution < -0.4 is 19.7 Å². The van der Waals surface area contributed by atoms with Crippen molar-refractivity contribution in [1.29, 1.82) is 0 Å². The molecule has 0 bridgehead atoms.